The molecule has 0 bridgehead atoms. The number of pyridine rings is 2. The summed E-state index contributed by atoms with van der Waals surface area (Å²) < 4.78 is 1.98. The standard InChI is InChI=1S/C26H23N3O2/c30-24-16-25(28-19-11-3-1-4-12-19)29(20-13-5-2-6-14-20)23-15-22(27-17-21(23)24)26(31)18-9-7-8-10-18/h1-6,11-18,28H,7-10H2. The fraction of sp³-hybridized carbons (Fsp3) is 0.192. The van der Waals surface area contributed by atoms with Crippen molar-refractivity contribution >= 4 is 28.2 Å². The fourth-order valence-corrected chi connectivity index (χ4v) is 4.36. The molecular weight excluding hydrogens is 386 g/mol. The van der Waals surface area contributed by atoms with Crippen LogP contribution in [0.15, 0.2) is 83.8 Å². The molecule has 0 spiro atoms. The van der Waals surface area contributed by atoms with Gasteiger partial charge in [-0.05, 0) is 43.2 Å². The molecule has 2 heterocycles. The van der Waals surface area contributed by atoms with E-state index in [0.29, 0.717) is 22.4 Å². The molecule has 5 rings (SSSR count). The summed E-state index contributed by atoms with van der Waals surface area (Å²) in [4.78, 5) is 30.3. The Kier molecular flexibility index (Phi) is 5.08. The highest BCUT2D eigenvalue weighted by Crippen LogP contribution is 2.29. The van der Waals surface area contributed by atoms with Crippen molar-refractivity contribution in [2.45, 2.75) is 25.7 Å². The summed E-state index contributed by atoms with van der Waals surface area (Å²) in [6, 6.07) is 22.9. The van der Waals surface area contributed by atoms with Crippen LogP contribution in [0.2, 0.25) is 0 Å². The van der Waals surface area contributed by atoms with E-state index < -0.39 is 0 Å². The Morgan fingerprint density at radius 1 is 0.935 bits per heavy atom. The lowest BCUT2D eigenvalue weighted by Gasteiger charge is -2.19. The average Bonchev–Trinajstić information content (AvgIpc) is 3.35. The van der Waals surface area contributed by atoms with Crippen molar-refractivity contribution in [2.75, 3.05) is 5.32 Å². The summed E-state index contributed by atoms with van der Waals surface area (Å²) in [7, 11) is 0. The Morgan fingerprint density at radius 3 is 2.32 bits per heavy atom. The molecule has 1 saturated carbocycles. The molecule has 4 aromatic rings. The maximum atomic E-state index is 13.0. The van der Waals surface area contributed by atoms with Gasteiger partial charge in [-0.15, -0.1) is 0 Å². The van der Waals surface area contributed by atoms with Gasteiger partial charge in [0.1, 0.15) is 11.5 Å². The minimum atomic E-state index is -0.132. The largest absolute Gasteiger partial charge is 0.341 e. The number of carbonyl (C=O) groups excluding carboxylic acids is 1. The van der Waals surface area contributed by atoms with Gasteiger partial charge in [-0.1, -0.05) is 49.2 Å². The first-order valence-electron chi connectivity index (χ1n) is 10.7. The van der Waals surface area contributed by atoms with E-state index in [1.54, 1.807) is 18.3 Å². The molecule has 0 amide bonds. The summed E-state index contributed by atoms with van der Waals surface area (Å²) >= 11 is 0. The van der Waals surface area contributed by atoms with Crippen LogP contribution in [0.3, 0.4) is 0 Å². The van der Waals surface area contributed by atoms with E-state index >= 15 is 0 Å². The smallest absolute Gasteiger partial charge is 0.193 e. The molecule has 1 fully saturated rings. The minimum absolute atomic E-state index is 0.0347. The Hall–Kier alpha value is -3.73. The lowest BCUT2D eigenvalue weighted by molar-refractivity contribution is 0.0918. The van der Waals surface area contributed by atoms with Gasteiger partial charge in [-0.3, -0.25) is 19.1 Å². The number of fused-ring (bicyclic) bond motifs is 1. The van der Waals surface area contributed by atoms with E-state index in [9.17, 15) is 9.59 Å². The number of carbonyl (C=O) groups is 1. The third-order valence-corrected chi connectivity index (χ3v) is 5.94. The van der Waals surface area contributed by atoms with Gasteiger partial charge >= 0.3 is 0 Å². The number of ketones is 1. The number of rotatable bonds is 5. The number of hydrogen-bond donors (Lipinski definition) is 1. The molecule has 5 heteroatoms. The van der Waals surface area contributed by atoms with E-state index in [0.717, 1.165) is 37.1 Å². The van der Waals surface area contributed by atoms with Gasteiger partial charge in [-0.2, -0.15) is 0 Å². The third kappa shape index (κ3) is 3.75. The van der Waals surface area contributed by atoms with Crippen LogP contribution in [-0.4, -0.2) is 15.3 Å². The average molecular weight is 409 g/mol. The normalized spacial score (nSPS) is 14.1. The second-order valence-corrected chi connectivity index (χ2v) is 7.99. The van der Waals surface area contributed by atoms with E-state index in [-0.39, 0.29) is 17.1 Å². The number of nitrogens with zero attached hydrogens (tertiary/aromatic N) is 2. The van der Waals surface area contributed by atoms with Crippen molar-refractivity contribution in [1.29, 1.82) is 0 Å². The number of para-hydroxylation sites is 2. The van der Waals surface area contributed by atoms with E-state index in [4.69, 9.17) is 0 Å². The van der Waals surface area contributed by atoms with Crippen molar-refractivity contribution in [3.63, 3.8) is 0 Å². The Balaban J connectivity index is 1.72. The van der Waals surface area contributed by atoms with Crippen molar-refractivity contribution in [1.82, 2.24) is 9.55 Å². The Bertz CT molecular complexity index is 1290. The molecule has 1 aliphatic carbocycles. The highest BCUT2D eigenvalue weighted by Gasteiger charge is 2.25. The van der Waals surface area contributed by atoms with Crippen LogP contribution < -0.4 is 10.7 Å². The maximum absolute atomic E-state index is 13.0. The number of hydrogen-bond acceptors (Lipinski definition) is 4. The number of nitrogens with one attached hydrogen (secondary N) is 1. The topological polar surface area (TPSA) is 64.0 Å². The van der Waals surface area contributed by atoms with Gasteiger partial charge in [-0.25, -0.2) is 0 Å². The first kappa shape index (κ1) is 19.2. The second-order valence-electron chi connectivity index (χ2n) is 7.99. The van der Waals surface area contributed by atoms with Gasteiger partial charge in [0.25, 0.3) is 0 Å². The summed E-state index contributed by atoms with van der Waals surface area (Å²) in [5, 5.41) is 3.86. The number of anilines is 2. The van der Waals surface area contributed by atoms with Gasteiger partial charge < -0.3 is 5.32 Å². The summed E-state index contributed by atoms with van der Waals surface area (Å²) in [6.45, 7) is 0. The Morgan fingerprint density at radius 2 is 1.61 bits per heavy atom. The first-order chi connectivity index (χ1) is 15.2. The van der Waals surface area contributed by atoms with Crippen LogP contribution in [0, 0.1) is 5.92 Å². The van der Waals surface area contributed by atoms with E-state index in [1.165, 1.54) is 0 Å². The SMILES string of the molecule is O=C(c1cc2c(cn1)c(=O)cc(Nc1ccccc1)n2-c1ccccc1)C1CCCC1. The van der Waals surface area contributed by atoms with Crippen LogP contribution in [0.25, 0.3) is 16.6 Å². The lowest BCUT2D eigenvalue weighted by Crippen LogP contribution is -2.16. The highest BCUT2D eigenvalue weighted by molar-refractivity contribution is 5.99. The zero-order chi connectivity index (χ0) is 21.2. The van der Waals surface area contributed by atoms with Gasteiger partial charge in [0, 0.05) is 29.6 Å². The summed E-state index contributed by atoms with van der Waals surface area (Å²) in [6.07, 6.45) is 5.55. The predicted octanol–water partition coefficient (Wildman–Crippen LogP) is 5.50. The minimum Gasteiger partial charge on any atom is -0.341 e. The molecule has 31 heavy (non-hydrogen) atoms. The number of benzene rings is 2. The van der Waals surface area contributed by atoms with Crippen LogP contribution in [-0.2, 0) is 0 Å². The van der Waals surface area contributed by atoms with E-state index in [2.05, 4.69) is 10.3 Å². The Labute approximate surface area is 180 Å². The monoisotopic (exact) mass is 409 g/mol. The first-order valence-corrected chi connectivity index (χ1v) is 10.7. The second kappa shape index (κ2) is 8.19. The molecule has 0 saturated heterocycles. The van der Waals surface area contributed by atoms with Crippen LogP contribution in [0.1, 0.15) is 36.2 Å². The number of aromatic nitrogens is 2. The molecule has 0 aliphatic heterocycles. The molecule has 1 aliphatic rings. The van der Waals surface area contributed by atoms with Gasteiger partial charge in [0.15, 0.2) is 11.2 Å². The van der Waals surface area contributed by atoms with Gasteiger partial charge in [0.05, 0.1) is 10.9 Å². The van der Waals surface area contributed by atoms with Crippen molar-refractivity contribution in [2.24, 2.45) is 5.92 Å². The highest BCUT2D eigenvalue weighted by atomic mass is 16.1. The molecule has 5 nitrogen and oxygen atoms in total. The molecule has 0 unspecified atom stereocenters. The molecule has 1 N–H and O–H groups in total. The van der Waals surface area contributed by atoms with Crippen molar-refractivity contribution in [3.8, 4) is 5.69 Å². The third-order valence-electron chi connectivity index (χ3n) is 5.94. The zero-order valence-corrected chi connectivity index (χ0v) is 17.1. The molecular formula is C26H23N3O2. The molecule has 0 radical (unpaired) electrons. The lowest BCUT2D eigenvalue weighted by atomic mass is 9.99. The van der Waals surface area contributed by atoms with E-state index in [1.807, 2.05) is 65.2 Å². The molecule has 2 aromatic heterocycles. The molecule has 2 aromatic carbocycles. The maximum Gasteiger partial charge on any atom is 0.193 e. The molecule has 154 valence electrons. The predicted molar refractivity (Wildman–Crippen MR) is 123 cm³/mol. The van der Waals surface area contributed by atoms with Crippen LogP contribution in [0.4, 0.5) is 11.5 Å². The fourth-order valence-electron chi connectivity index (χ4n) is 4.36. The zero-order valence-electron chi connectivity index (χ0n) is 17.1. The van der Waals surface area contributed by atoms with Crippen LogP contribution >= 0.6 is 0 Å². The summed E-state index contributed by atoms with van der Waals surface area (Å²) in [5.74, 6) is 0.751. The summed E-state index contributed by atoms with van der Waals surface area (Å²) in [5.41, 5.74) is 2.75. The van der Waals surface area contributed by atoms with Gasteiger partial charge in [0.2, 0.25) is 0 Å². The van der Waals surface area contributed by atoms with Crippen molar-refractivity contribution in [3.05, 3.63) is 94.9 Å². The quantitative estimate of drug-likeness (QED) is 0.442. The molecule has 0 atom stereocenters. The van der Waals surface area contributed by atoms with Crippen LogP contribution in [0.5, 0.6) is 0 Å². The number of Topliss-reactive ketones (excluding diaryl/α,β-unsaturated/α-hetero) is 1. The van der Waals surface area contributed by atoms with Crippen molar-refractivity contribution < 1.29 is 4.79 Å².